The van der Waals surface area contributed by atoms with Crippen molar-refractivity contribution in [3.8, 4) is 0 Å². The van der Waals surface area contributed by atoms with E-state index in [1.807, 2.05) is 24.1 Å². The van der Waals surface area contributed by atoms with Crippen molar-refractivity contribution in [3.05, 3.63) is 35.6 Å². The molecule has 1 heterocycles. The first-order valence-electron chi connectivity index (χ1n) is 8.91. The third kappa shape index (κ3) is 5.70. The minimum Gasteiger partial charge on any atom is -0.378 e. The Morgan fingerprint density at radius 2 is 2.21 bits per heavy atom. The molecule has 0 radical (unpaired) electrons. The Bertz CT molecular complexity index is 515. The van der Waals surface area contributed by atoms with Gasteiger partial charge in [-0.3, -0.25) is 9.62 Å². The van der Waals surface area contributed by atoms with Crippen molar-refractivity contribution in [2.75, 3.05) is 32.8 Å². The summed E-state index contributed by atoms with van der Waals surface area (Å²) in [4.78, 5) is 2.46. The lowest BCUT2D eigenvalue weighted by atomic mass is 10.0. The Morgan fingerprint density at radius 3 is 3.00 bits per heavy atom. The molecule has 1 aliphatic carbocycles. The van der Waals surface area contributed by atoms with Crippen LogP contribution in [0.25, 0.3) is 0 Å². The quantitative estimate of drug-likeness (QED) is 0.667. The zero-order chi connectivity index (χ0) is 16.8. The van der Waals surface area contributed by atoms with Gasteiger partial charge in [0.2, 0.25) is 0 Å². The van der Waals surface area contributed by atoms with Gasteiger partial charge in [-0.2, -0.15) is 0 Å². The molecule has 1 aromatic carbocycles. The molecule has 2 unspecified atom stereocenters. The second-order valence-electron chi connectivity index (χ2n) is 6.77. The van der Waals surface area contributed by atoms with E-state index in [1.54, 1.807) is 6.07 Å². The predicted molar refractivity (Wildman–Crippen MR) is 97.5 cm³/mol. The molecule has 1 aliphatic heterocycles. The van der Waals surface area contributed by atoms with Crippen molar-refractivity contribution >= 4 is 11.9 Å². The van der Waals surface area contributed by atoms with Crippen LogP contribution in [0, 0.1) is 5.82 Å². The summed E-state index contributed by atoms with van der Waals surface area (Å²) in [7, 11) is 0. The number of rotatable bonds is 9. The van der Waals surface area contributed by atoms with Crippen LogP contribution in [0.3, 0.4) is 0 Å². The molecule has 3 rings (SSSR count). The Balaban J connectivity index is 1.41. The van der Waals surface area contributed by atoms with Gasteiger partial charge in [-0.25, -0.2) is 4.39 Å². The van der Waals surface area contributed by atoms with Crippen LogP contribution in [0.15, 0.2) is 24.3 Å². The molecule has 1 saturated carbocycles. The summed E-state index contributed by atoms with van der Waals surface area (Å²) in [6.45, 7) is 4.41. The second kappa shape index (κ2) is 9.15. The summed E-state index contributed by atoms with van der Waals surface area (Å²) in [5.74, 6) is -0.154. The maximum atomic E-state index is 13.7. The van der Waals surface area contributed by atoms with Crippen LogP contribution in [0.2, 0.25) is 0 Å². The van der Waals surface area contributed by atoms with E-state index in [2.05, 4.69) is 9.62 Å². The standard InChI is InChI=1S/C18H28FN3OS/c19-18-4-2-1-3-14(18)11-15(20)7-8-22-9-10-23-13-16(22)12-21-24-17-5-6-17/h1-4,15-17,21H,5-13,20H2. The lowest BCUT2D eigenvalue weighted by Crippen LogP contribution is -2.50. The highest BCUT2D eigenvalue weighted by molar-refractivity contribution is 7.98. The van der Waals surface area contributed by atoms with E-state index in [0.717, 1.165) is 44.5 Å². The molecule has 2 aliphatic rings. The highest BCUT2D eigenvalue weighted by atomic mass is 32.2. The third-order valence-corrected chi connectivity index (χ3v) is 5.81. The van der Waals surface area contributed by atoms with Crippen LogP contribution < -0.4 is 10.5 Å². The average molecular weight is 354 g/mol. The van der Waals surface area contributed by atoms with Gasteiger partial charge in [0.25, 0.3) is 0 Å². The molecule has 1 saturated heterocycles. The molecular weight excluding hydrogens is 325 g/mol. The van der Waals surface area contributed by atoms with E-state index in [0.29, 0.717) is 18.0 Å². The van der Waals surface area contributed by atoms with Crippen LogP contribution in [-0.4, -0.2) is 55.1 Å². The zero-order valence-electron chi connectivity index (χ0n) is 14.1. The predicted octanol–water partition coefficient (Wildman–Crippen LogP) is 2.19. The molecule has 24 heavy (non-hydrogen) atoms. The number of nitrogens with zero attached hydrogens (tertiary/aromatic N) is 1. The number of nitrogens with one attached hydrogen (secondary N) is 1. The third-order valence-electron chi connectivity index (χ3n) is 4.67. The summed E-state index contributed by atoms with van der Waals surface area (Å²) in [5, 5.41) is 0.817. The van der Waals surface area contributed by atoms with Crippen molar-refractivity contribution in [3.63, 3.8) is 0 Å². The van der Waals surface area contributed by atoms with Gasteiger partial charge in [0.15, 0.2) is 0 Å². The molecule has 0 bridgehead atoms. The van der Waals surface area contributed by atoms with E-state index in [-0.39, 0.29) is 11.9 Å². The number of nitrogens with two attached hydrogens (primary N) is 1. The fourth-order valence-electron chi connectivity index (χ4n) is 3.00. The zero-order valence-corrected chi connectivity index (χ0v) is 14.9. The van der Waals surface area contributed by atoms with Crippen molar-refractivity contribution in [2.45, 2.75) is 43.0 Å². The monoisotopic (exact) mass is 353 g/mol. The van der Waals surface area contributed by atoms with Crippen LogP contribution in [-0.2, 0) is 11.2 Å². The van der Waals surface area contributed by atoms with Crippen molar-refractivity contribution in [2.24, 2.45) is 5.73 Å². The van der Waals surface area contributed by atoms with E-state index in [1.165, 1.54) is 18.9 Å². The van der Waals surface area contributed by atoms with Crippen LogP contribution in [0.5, 0.6) is 0 Å². The topological polar surface area (TPSA) is 50.5 Å². The van der Waals surface area contributed by atoms with Crippen LogP contribution in [0.4, 0.5) is 4.39 Å². The molecule has 0 aromatic heterocycles. The molecular formula is C18H28FN3OS. The smallest absolute Gasteiger partial charge is 0.126 e. The number of hydrogen-bond donors (Lipinski definition) is 2. The van der Waals surface area contributed by atoms with Crippen LogP contribution >= 0.6 is 11.9 Å². The molecule has 2 atom stereocenters. The molecule has 0 amide bonds. The summed E-state index contributed by atoms with van der Waals surface area (Å²) >= 11 is 1.87. The first kappa shape index (κ1) is 18.1. The molecule has 2 fully saturated rings. The number of morpholine rings is 1. The Labute approximate surface area is 148 Å². The molecule has 1 aromatic rings. The van der Waals surface area contributed by atoms with E-state index < -0.39 is 0 Å². The van der Waals surface area contributed by atoms with E-state index in [4.69, 9.17) is 10.5 Å². The van der Waals surface area contributed by atoms with Gasteiger partial charge in [-0.15, -0.1) is 0 Å². The fourth-order valence-corrected chi connectivity index (χ4v) is 3.90. The van der Waals surface area contributed by atoms with Crippen molar-refractivity contribution in [1.82, 2.24) is 9.62 Å². The van der Waals surface area contributed by atoms with Gasteiger partial charge in [0, 0.05) is 37.0 Å². The number of benzene rings is 1. The first-order chi connectivity index (χ1) is 11.7. The van der Waals surface area contributed by atoms with Gasteiger partial charge in [-0.05, 0) is 37.3 Å². The summed E-state index contributed by atoms with van der Waals surface area (Å²) in [6, 6.07) is 7.31. The summed E-state index contributed by atoms with van der Waals surface area (Å²) in [5.41, 5.74) is 6.95. The largest absolute Gasteiger partial charge is 0.378 e. The molecule has 3 N–H and O–H groups in total. The first-order valence-corrected chi connectivity index (χ1v) is 9.79. The molecule has 134 valence electrons. The molecule has 0 spiro atoms. The lowest BCUT2D eigenvalue weighted by molar-refractivity contribution is -0.00594. The SMILES string of the molecule is NC(CCN1CCOCC1CNSC1CC1)Cc1ccccc1F. The Morgan fingerprint density at radius 1 is 1.38 bits per heavy atom. The molecule has 6 heteroatoms. The maximum Gasteiger partial charge on any atom is 0.126 e. The highest BCUT2D eigenvalue weighted by Crippen LogP contribution is 2.31. The maximum absolute atomic E-state index is 13.7. The van der Waals surface area contributed by atoms with E-state index >= 15 is 0 Å². The fraction of sp³-hybridized carbons (Fsp3) is 0.667. The Hall–Kier alpha value is -0.660. The number of halogens is 1. The average Bonchev–Trinajstić information content (AvgIpc) is 3.40. The number of ether oxygens (including phenoxy) is 1. The van der Waals surface area contributed by atoms with Gasteiger partial charge in [-0.1, -0.05) is 30.1 Å². The van der Waals surface area contributed by atoms with Crippen molar-refractivity contribution in [1.29, 1.82) is 0 Å². The van der Waals surface area contributed by atoms with Gasteiger partial charge < -0.3 is 10.5 Å². The van der Waals surface area contributed by atoms with E-state index in [9.17, 15) is 4.39 Å². The normalized spacial score (nSPS) is 23.3. The van der Waals surface area contributed by atoms with Gasteiger partial charge in [0.05, 0.1) is 13.2 Å². The Kier molecular flexibility index (Phi) is 6.92. The van der Waals surface area contributed by atoms with Crippen LogP contribution in [0.1, 0.15) is 24.8 Å². The second-order valence-corrected chi connectivity index (χ2v) is 7.97. The van der Waals surface area contributed by atoms with Crippen molar-refractivity contribution < 1.29 is 9.13 Å². The van der Waals surface area contributed by atoms with Gasteiger partial charge >= 0.3 is 0 Å². The summed E-state index contributed by atoms with van der Waals surface area (Å²) in [6.07, 6.45) is 4.15. The van der Waals surface area contributed by atoms with Gasteiger partial charge in [0.1, 0.15) is 5.82 Å². The molecule has 4 nitrogen and oxygen atoms in total. The lowest BCUT2D eigenvalue weighted by Gasteiger charge is -2.36. The summed E-state index contributed by atoms with van der Waals surface area (Å²) < 4.78 is 22.9. The highest BCUT2D eigenvalue weighted by Gasteiger charge is 2.26. The number of hydrogen-bond acceptors (Lipinski definition) is 5. The minimum atomic E-state index is -0.154. The minimum absolute atomic E-state index is 0.0146.